The molecule has 10 aromatic rings. The third-order valence-corrected chi connectivity index (χ3v) is 20.7. The average Bonchev–Trinajstić information content (AvgIpc) is 0.957. The quantitative estimate of drug-likeness (QED) is 0.0520. The van der Waals surface area contributed by atoms with Crippen LogP contribution in [0.3, 0.4) is 0 Å². The second-order valence-corrected chi connectivity index (χ2v) is 28.9. The highest BCUT2D eigenvalue weighted by Crippen LogP contribution is 2.59. The van der Waals surface area contributed by atoms with Gasteiger partial charge < -0.3 is 209 Å². The van der Waals surface area contributed by atoms with Crippen molar-refractivity contribution < 1.29 is 257 Å². The number of rotatable bonds is 10. The molecule has 2 bridgehead atoms. The molecular weight excluding hydrogens is 1820 g/mol. The van der Waals surface area contributed by atoms with E-state index in [-0.39, 0.29) is 24.3 Å². The lowest BCUT2D eigenvalue weighted by molar-refractivity contribution is -0.282. The summed E-state index contributed by atoms with van der Waals surface area (Å²) in [5.74, 6) is -67.5. The van der Waals surface area contributed by atoms with Gasteiger partial charge in [-0.1, -0.05) is 0 Å². The molecule has 5 heterocycles. The van der Waals surface area contributed by atoms with E-state index in [1.807, 2.05) is 0 Å². The molecule has 5 aliphatic heterocycles. The molecule has 28 N–H and O–H groups in total. The molecule has 0 amide bonds. The lowest BCUT2D eigenvalue weighted by atomic mass is 9.92. The molecule has 0 radical (unpaired) electrons. The Hall–Kier alpha value is -19.2. The Morgan fingerprint density at radius 1 is 0.276 bits per heavy atom. The summed E-state index contributed by atoms with van der Waals surface area (Å²) in [7, 11) is 0. The fourth-order valence-corrected chi connectivity index (χ4v) is 14.2. The van der Waals surface area contributed by atoms with Gasteiger partial charge in [0.2, 0.25) is 76.5 Å². The largest absolute Gasteiger partial charge is 0.504 e. The van der Waals surface area contributed by atoms with Crippen molar-refractivity contribution >= 4 is 59.7 Å². The van der Waals surface area contributed by atoms with E-state index in [0.717, 1.165) is 0 Å². The molecule has 2 fully saturated rings. The van der Waals surface area contributed by atoms with Crippen LogP contribution in [0.4, 0.5) is 0 Å². The van der Waals surface area contributed by atoms with Gasteiger partial charge in [-0.15, -0.1) is 0 Å². The number of phenolic OH excluding ortho intramolecular Hbond substituents is 28. The highest BCUT2D eigenvalue weighted by Gasteiger charge is 2.58. The summed E-state index contributed by atoms with van der Waals surface area (Å²) in [5.41, 5.74) is -17.2. The highest BCUT2D eigenvalue weighted by atomic mass is 16.8. The van der Waals surface area contributed by atoms with Gasteiger partial charge in [0, 0.05) is 34.4 Å². The molecule has 52 nitrogen and oxygen atoms in total. The number of benzene rings is 10. The minimum absolute atomic E-state index is 0.0862. The number of carbonyl (C=O) groups is 10. The van der Waals surface area contributed by atoms with Crippen molar-refractivity contribution in [2.75, 3.05) is 13.2 Å². The molecule has 2 saturated heterocycles. The van der Waals surface area contributed by atoms with Crippen LogP contribution in [-0.4, -0.2) is 277 Å². The van der Waals surface area contributed by atoms with Gasteiger partial charge >= 0.3 is 59.7 Å². The fourth-order valence-electron chi connectivity index (χ4n) is 14.2. The van der Waals surface area contributed by atoms with E-state index in [9.17, 15) is 172 Å². The molecule has 5 aliphatic rings. The normalized spacial score (nSPS) is 19.6. The molecule has 10 atom stereocenters. The molecule has 0 spiro atoms. The molecule has 696 valence electrons. The van der Waals surface area contributed by atoms with Crippen molar-refractivity contribution in [1.29, 1.82) is 0 Å². The van der Waals surface area contributed by atoms with Gasteiger partial charge in [0.1, 0.15) is 36.5 Å². The molecule has 0 saturated carbocycles. The van der Waals surface area contributed by atoms with Crippen LogP contribution >= 0.6 is 0 Å². The van der Waals surface area contributed by atoms with Gasteiger partial charge in [0.15, 0.2) is 157 Å². The summed E-state index contributed by atoms with van der Waals surface area (Å²) in [4.78, 5) is 148. The van der Waals surface area contributed by atoms with Crippen LogP contribution in [0.25, 0.3) is 22.3 Å². The van der Waals surface area contributed by atoms with Crippen LogP contribution < -0.4 is 9.47 Å². The van der Waals surface area contributed by atoms with Gasteiger partial charge in [0.05, 0.1) is 44.5 Å². The summed E-state index contributed by atoms with van der Waals surface area (Å²) in [5, 5.41) is 308. The topological polar surface area (TPSA) is 866 Å². The first-order valence-electron chi connectivity index (χ1n) is 37.1. The molecule has 52 heteroatoms. The van der Waals surface area contributed by atoms with Crippen molar-refractivity contribution in [1.82, 2.24) is 0 Å². The monoisotopic (exact) mass is 1870 g/mol. The van der Waals surface area contributed by atoms with Crippen LogP contribution in [0.2, 0.25) is 0 Å². The van der Waals surface area contributed by atoms with Crippen LogP contribution in [0, 0.1) is 0 Å². The molecule has 0 unspecified atom stereocenters. The van der Waals surface area contributed by atoms with Crippen molar-refractivity contribution in [3.63, 3.8) is 0 Å². The number of esters is 10. The minimum atomic E-state index is -3.09. The van der Waals surface area contributed by atoms with E-state index in [0.29, 0.717) is 60.7 Å². The fraction of sp³-hybridized carbons (Fsp3) is 0.146. The Morgan fingerprint density at radius 2 is 0.627 bits per heavy atom. The van der Waals surface area contributed by atoms with Gasteiger partial charge in [-0.2, -0.15) is 0 Å². The van der Waals surface area contributed by atoms with Gasteiger partial charge in [-0.25, -0.2) is 47.9 Å². The van der Waals surface area contributed by atoms with E-state index in [4.69, 9.17) is 66.3 Å². The Kier molecular flexibility index (Phi) is 22.2. The number of hydrogen-bond donors (Lipinski definition) is 28. The summed E-state index contributed by atoms with van der Waals surface area (Å²) >= 11 is 0. The number of phenols is 28. The first-order chi connectivity index (χ1) is 63.1. The van der Waals surface area contributed by atoms with Crippen LogP contribution in [0.15, 0.2) is 84.9 Å². The number of fused-ring (bicyclic) bond motifs is 12. The summed E-state index contributed by atoms with van der Waals surface area (Å²) in [6.45, 7) is -3.02. The van der Waals surface area contributed by atoms with E-state index in [1.165, 1.54) is 0 Å². The molecule has 0 aliphatic carbocycles. The maximum Gasteiger partial charge on any atom is 0.342 e. The molecule has 10 aromatic carbocycles. The smallest absolute Gasteiger partial charge is 0.342 e. The molecule has 0 aromatic heterocycles. The van der Waals surface area contributed by atoms with Gasteiger partial charge in [-0.3, -0.25) is 0 Å². The predicted molar refractivity (Wildman–Crippen MR) is 413 cm³/mol. The Balaban J connectivity index is 0.862. The Morgan fingerprint density at radius 3 is 1.07 bits per heavy atom. The SMILES string of the molecule is O=C(O[C@@H]1O[C@@H]2COC(=O)c3cc(O)c(O)c(O)c3-c3c(cc(O)c(O)c3O)C(=O)O[C@H]2[C@H](OC(=O)c2cc(O)c(O)c(O)c2)[C@H]1OC(=O)c1cc(Oc2cc3c(c(O)c2O)Oc2cc(cc(O)c2O)C(=O)O[C@@H]2O[C@@H]4COC(=O)c5cc(O)c(O)c(O)c5-c5c(cc(O)c(O)c5O)C(=O)O[C@H]4[C@H](OC(=O)c4cc(O)c(O)c(O)c4)[C@H]2OC3=O)c(O)c(O)c1O)c1cc(O)c(O)c(O)c1. The van der Waals surface area contributed by atoms with Crippen molar-refractivity contribution in [2.45, 2.75) is 61.4 Å². The summed E-state index contributed by atoms with van der Waals surface area (Å²) in [6.07, 6.45) is -28.3. The zero-order valence-corrected chi connectivity index (χ0v) is 65.6. The second-order valence-electron chi connectivity index (χ2n) is 28.9. The van der Waals surface area contributed by atoms with E-state index >= 15 is 19.2 Å². The lowest BCUT2D eigenvalue weighted by Crippen LogP contribution is -2.63. The van der Waals surface area contributed by atoms with Gasteiger partial charge in [-0.05, 0) is 72.8 Å². The number of carbonyl (C=O) groups excluding carboxylic acids is 10. The van der Waals surface area contributed by atoms with E-state index in [2.05, 4.69) is 0 Å². The van der Waals surface area contributed by atoms with E-state index < -0.39 is 396 Å². The van der Waals surface area contributed by atoms with Crippen molar-refractivity contribution in [3.8, 4) is 206 Å². The first-order valence-corrected chi connectivity index (χ1v) is 37.1. The number of ether oxygens (including phenoxy) is 14. The summed E-state index contributed by atoms with van der Waals surface area (Å²) < 4.78 is 80.1. The second kappa shape index (κ2) is 33.2. The standard InChI is InChI=1S/C82H56O52/c83-27-1-17(2-28(84)48(27)95)71(111)129-67-65-41(15-121-75(115)21-9-34(90)52(99)58(105)43(21)45-23(77(117)127-65)11-36(92)54(101)60(45)107)125-81(133-73(113)19-5-31(87)50(97)32(88)6-19)69(67)131-79(119)25-13-39(56(103)62(109)47(25)94)123-40-14-26-64(63(110)57(40)104)124-38-8-20(7-33(89)51(38)98)74(114)134-82-70(132-80(26)120)68(130-72(112)18-3-29(85)49(96)30(86)4-18)66-42(126-82)16-122-76(116)22-10-35(91)53(100)59(106)44(22)46-24(78(118)128-66)12-37(93)55(102)61(46)108/h1-14,41-42,65-70,81-110H,15-16H2/t41-,42-,65-,66-,67+,68+,69-,70-,81+,82+/m1/s1. The zero-order chi connectivity index (χ0) is 97.3. The van der Waals surface area contributed by atoms with Crippen LogP contribution in [0.1, 0.15) is 104 Å². The third kappa shape index (κ3) is 15.4. The summed E-state index contributed by atoms with van der Waals surface area (Å²) in [6, 6.07) is 4.72. The first kappa shape index (κ1) is 89.6. The van der Waals surface area contributed by atoms with E-state index in [1.54, 1.807) is 0 Å². The molecule has 15 rings (SSSR count). The Bertz CT molecular complexity index is 6760. The van der Waals surface area contributed by atoms with Crippen molar-refractivity contribution in [3.05, 3.63) is 141 Å². The van der Waals surface area contributed by atoms with Crippen LogP contribution in [0.5, 0.6) is 184 Å². The number of cyclic esters (lactones) is 2. The zero-order valence-electron chi connectivity index (χ0n) is 65.6. The Labute approximate surface area is 735 Å². The number of hydrogen-bond acceptors (Lipinski definition) is 52. The van der Waals surface area contributed by atoms with Gasteiger partial charge in [0.25, 0.3) is 0 Å². The number of aromatic hydroxyl groups is 28. The third-order valence-electron chi connectivity index (χ3n) is 20.7. The minimum Gasteiger partial charge on any atom is -0.504 e. The van der Waals surface area contributed by atoms with Crippen LogP contribution in [-0.2, 0) is 56.8 Å². The lowest BCUT2D eigenvalue weighted by Gasteiger charge is -2.44. The average molecular weight is 1870 g/mol. The predicted octanol–water partition coefficient (Wildman–Crippen LogP) is 4.13. The maximum atomic E-state index is 15.6. The maximum absolute atomic E-state index is 15.6. The highest BCUT2D eigenvalue weighted by molar-refractivity contribution is 6.11. The molecular formula is C82H56O52. The molecule has 134 heavy (non-hydrogen) atoms. The van der Waals surface area contributed by atoms with Crippen molar-refractivity contribution in [2.24, 2.45) is 0 Å².